The first-order chi connectivity index (χ1) is 8.91. The van der Waals surface area contributed by atoms with Crippen LogP contribution in [0.2, 0.25) is 0 Å². The van der Waals surface area contributed by atoms with Crippen molar-refractivity contribution in [1.82, 2.24) is 4.90 Å². The number of carbonyl (C=O) groups is 2. The molecule has 0 aromatic carbocycles. The number of rotatable bonds is 5. The first-order valence-corrected chi connectivity index (χ1v) is 6.40. The van der Waals surface area contributed by atoms with Gasteiger partial charge in [0.2, 0.25) is 0 Å². The van der Waals surface area contributed by atoms with Crippen LogP contribution in [-0.2, 0) is 9.53 Å². The Hall–Kier alpha value is -1.78. The van der Waals surface area contributed by atoms with Crippen molar-refractivity contribution >= 4 is 12.1 Å². The van der Waals surface area contributed by atoms with Gasteiger partial charge in [0.15, 0.2) is 0 Å². The molecule has 5 nitrogen and oxygen atoms in total. The molecule has 0 aliphatic heterocycles. The van der Waals surface area contributed by atoms with E-state index >= 15 is 0 Å². The normalized spacial score (nSPS) is 15.9. The van der Waals surface area contributed by atoms with Gasteiger partial charge in [-0.1, -0.05) is 18.7 Å². The van der Waals surface area contributed by atoms with Gasteiger partial charge < -0.3 is 14.7 Å². The van der Waals surface area contributed by atoms with Crippen molar-refractivity contribution in [3.63, 3.8) is 0 Å². The Kier molecular flexibility index (Phi) is 5.60. The number of nitrogens with zero attached hydrogens (tertiary/aromatic N) is 1. The maximum atomic E-state index is 11.2. The molecule has 1 fully saturated rings. The van der Waals surface area contributed by atoms with Crippen LogP contribution in [0.1, 0.15) is 32.6 Å². The van der Waals surface area contributed by atoms with Crippen molar-refractivity contribution in [2.24, 2.45) is 0 Å². The standard InChI is InChI=1S/C14H21NO4/c1-10(2)13(16)19-9-8-15(14(17)18)12-6-4-11(3)5-7-12/h12H,1,3-9H2,2H3,(H,17,18). The van der Waals surface area contributed by atoms with Crippen LogP contribution >= 0.6 is 0 Å². The minimum Gasteiger partial charge on any atom is -0.465 e. The van der Waals surface area contributed by atoms with Crippen molar-refractivity contribution in [3.05, 3.63) is 24.3 Å². The first-order valence-electron chi connectivity index (χ1n) is 6.40. The highest BCUT2D eigenvalue weighted by atomic mass is 16.5. The van der Waals surface area contributed by atoms with Crippen molar-refractivity contribution in [2.45, 2.75) is 38.6 Å². The molecule has 0 heterocycles. The second kappa shape index (κ2) is 6.97. The zero-order chi connectivity index (χ0) is 14.4. The maximum absolute atomic E-state index is 11.2. The van der Waals surface area contributed by atoms with E-state index in [1.54, 1.807) is 6.92 Å². The topological polar surface area (TPSA) is 66.8 Å². The number of amides is 1. The number of carboxylic acid groups (broad SMARTS) is 1. The summed E-state index contributed by atoms with van der Waals surface area (Å²) in [7, 11) is 0. The summed E-state index contributed by atoms with van der Waals surface area (Å²) in [6.45, 7) is 9.21. The summed E-state index contributed by atoms with van der Waals surface area (Å²) in [5.74, 6) is -0.484. The molecular weight excluding hydrogens is 246 g/mol. The van der Waals surface area contributed by atoms with Gasteiger partial charge in [0, 0.05) is 11.6 Å². The molecule has 106 valence electrons. The van der Waals surface area contributed by atoms with Crippen molar-refractivity contribution in [3.8, 4) is 0 Å². The van der Waals surface area contributed by atoms with E-state index in [1.165, 1.54) is 10.5 Å². The lowest BCUT2D eigenvalue weighted by Gasteiger charge is -2.32. The molecule has 19 heavy (non-hydrogen) atoms. The summed E-state index contributed by atoms with van der Waals surface area (Å²) in [6, 6.07) is -0.00784. The van der Waals surface area contributed by atoms with Gasteiger partial charge in [-0.3, -0.25) is 0 Å². The van der Waals surface area contributed by atoms with E-state index in [9.17, 15) is 14.7 Å². The Balaban J connectivity index is 2.45. The fourth-order valence-corrected chi connectivity index (χ4v) is 2.12. The van der Waals surface area contributed by atoms with Crippen LogP contribution in [0, 0.1) is 0 Å². The van der Waals surface area contributed by atoms with Crippen molar-refractivity contribution in [2.75, 3.05) is 13.2 Å². The molecule has 1 aliphatic rings. The molecule has 5 heteroatoms. The molecule has 0 bridgehead atoms. The van der Waals surface area contributed by atoms with E-state index in [0.717, 1.165) is 25.7 Å². The van der Waals surface area contributed by atoms with Crippen LogP contribution in [0.4, 0.5) is 4.79 Å². The molecule has 0 radical (unpaired) electrons. The van der Waals surface area contributed by atoms with Gasteiger partial charge in [0.1, 0.15) is 6.61 Å². The minimum atomic E-state index is -0.969. The van der Waals surface area contributed by atoms with E-state index < -0.39 is 12.1 Å². The third-order valence-corrected chi connectivity index (χ3v) is 3.26. The van der Waals surface area contributed by atoms with Crippen LogP contribution in [0.5, 0.6) is 0 Å². The SMILES string of the molecule is C=C1CCC(N(CCOC(=O)C(=C)C)C(=O)O)CC1. The molecule has 0 spiro atoms. The number of carbonyl (C=O) groups excluding carboxylic acids is 1. The minimum absolute atomic E-state index is 0.00784. The Labute approximate surface area is 113 Å². The zero-order valence-corrected chi connectivity index (χ0v) is 11.4. The molecule has 1 saturated carbocycles. The summed E-state index contributed by atoms with van der Waals surface area (Å²) in [5, 5.41) is 9.21. The number of allylic oxidation sites excluding steroid dienone is 1. The third-order valence-electron chi connectivity index (χ3n) is 3.26. The third kappa shape index (κ3) is 4.77. The summed E-state index contributed by atoms with van der Waals surface area (Å²) >= 11 is 0. The van der Waals surface area contributed by atoms with Gasteiger partial charge in [0.25, 0.3) is 0 Å². The highest BCUT2D eigenvalue weighted by Crippen LogP contribution is 2.25. The molecule has 0 saturated heterocycles. The van der Waals surface area contributed by atoms with Gasteiger partial charge in [-0.05, 0) is 32.6 Å². The van der Waals surface area contributed by atoms with Crippen LogP contribution in [0.25, 0.3) is 0 Å². The Morgan fingerprint density at radius 3 is 2.47 bits per heavy atom. The van der Waals surface area contributed by atoms with Gasteiger partial charge >= 0.3 is 12.1 Å². The van der Waals surface area contributed by atoms with Gasteiger partial charge in [0.05, 0.1) is 6.54 Å². The maximum Gasteiger partial charge on any atom is 0.407 e. The van der Waals surface area contributed by atoms with Crippen LogP contribution < -0.4 is 0 Å². The van der Waals surface area contributed by atoms with E-state index in [1.807, 2.05) is 0 Å². The lowest BCUT2D eigenvalue weighted by atomic mass is 9.91. The predicted octanol–water partition coefficient (Wildman–Crippen LogP) is 2.58. The first kappa shape index (κ1) is 15.3. The van der Waals surface area contributed by atoms with Crippen LogP contribution in [0.15, 0.2) is 24.3 Å². The van der Waals surface area contributed by atoms with E-state index in [2.05, 4.69) is 13.2 Å². The molecule has 1 aliphatic carbocycles. The second-order valence-corrected chi connectivity index (χ2v) is 4.87. The molecule has 0 atom stereocenters. The fourth-order valence-electron chi connectivity index (χ4n) is 2.12. The zero-order valence-electron chi connectivity index (χ0n) is 11.4. The monoisotopic (exact) mass is 267 g/mol. The van der Waals surface area contributed by atoms with Crippen LogP contribution in [0.3, 0.4) is 0 Å². The highest BCUT2D eigenvalue weighted by molar-refractivity contribution is 5.86. The molecular formula is C14H21NO4. The Morgan fingerprint density at radius 1 is 1.42 bits per heavy atom. The molecule has 1 N–H and O–H groups in total. The quantitative estimate of drug-likeness (QED) is 0.472. The van der Waals surface area contributed by atoms with Gasteiger partial charge in [-0.2, -0.15) is 0 Å². The molecule has 1 rings (SSSR count). The lowest BCUT2D eigenvalue weighted by Crippen LogP contribution is -2.42. The molecule has 0 unspecified atom stereocenters. The highest BCUT2D eigenvalue weighted by Gasteiger charge is 2.26. The summed E-state index contributed by atoms with van der Waals surface area (Å²) in [6.07, 6.45) is 2.34. The van der Waals surface area contributed by atoms with E-state index in [0.29, 0.717) is 5.57 Å². The molecule has 0 aromatic rings. The average Bonchev–Trinajstić information content (AvgIpc) is 2.35. The number of hydrogen-bond acceptors (Lipinski definition) is 3. The van der Waals surface area contributed by atoms with E-state index in [4.69, 9.17) is 4.74 Å². The van der Waals surface area contributed by atoms with Crippen LogP contribution in [-0.4, -0.2) is 41.3 Å². The fraction of sp³-hybridized carbons (Fsp3) is 0.571. The Morgan fingerprint density at radius 2 is 2.00 bits per heavy atom. The van der Waals surface area contributed by atoms with Crippen molar-refractivity contribution < 1.29 is 19.4 Å². The smallest absolute Gasteiger partial charge is 0.407 e. The van der Waals surface area contributed by atoms with Gasteiger partial charge in [-0.25, -0.2) is 9.59 Å². The number of ether oxygens (including phenoxy) is 1. The van der Waals surface area contributed by atoms with Gasteiger partial charge in [-0.15, -0.1) is 0 Å². The lowest BCUT2D eigenvalue weighted by molar-refractivity contribution is -0.139. The van der Waals surface area contributed by atoms with E-state index in [-0.39, 0.29) is 19.2 Å². The molecule has 1 amide bonds. The Bertz CT molecular complexity index is 379. The summed E-state index contributed by atoms with van der Waals surface area (Å²) < 4.78 is 4.94. The predicted molar refractivity (Wildman–Crippen MR) is 71.9 cm³/mol. The number of esters is 1. The second-order valence-electron chi connectivity index (χ2n) is 4.87. The summed E-state index contributed by atoms with van der Waals surface area (Å²) in [5.41, 5.74) is 1.49. The van der Waals surface area contributed by atoms with Crippen molar-refractivity contribution in [1.29, 1.82) is 0 Å². The summed E-state index contributed by atoms with van der Waals surface area (Å²) in [4.78, 5) is 23.8. The number of hydrogen-bond donors (Lipinski definition) is 1. The molecule has 0 aromatic heterocycles. The largest absolute Gasteiger partial charge is 0.465 e. The average molecular weight is 267 g/mol.